The number of aliphatic hydroxyl groups excluding tert-OH is 5. The van der Waals surface area contributed by atoms with E-state index < -0.39 is 36.5 Å². The Labute approximate surface area is 81.0 Å². The second-order valence-electron chi connectivity index (χ2n) is 3.98. The van der Waals surface area contributed by atoms with Crippen molar-refractivity contribution in [3.8, 4) is 0 Å². The van der Waals surface area contributed by atoms with E-state index in [-0.39, 0.29) is 13.2 Å². The zero-order valence-electron chi connectivity index (χ0n) is 7.56. The summed E-state index contributed by atoms with van der Waals surface area (Å²) in [4.78, 5) is 1.56. The second kappa shape index (κ2) is 3.41. The zero-order valence-corrected chi connectivity index (χ0v) is 7.56. The number of hydrogen-bond acceptors (Lipinski definition) is 6. The summed E-state index contributed by atoms with van der Waals surface area (Å²) < 4.78 is 0. The van der Waals surface area contributed by atoms with Gasteiger partial charge in [-0.2, -0.15) is 0 Å². The van der Waals surface area contributed by atoms with Crippen molar-refractivity contribution in [2.24, 2.45) is 0 Å². The minimum absolute atomic E-state index is 0.172. The first-order valence-electron chi connectivity index (χ1n) is 4.66. The molecule has 0 amide bonds. The average molecular weight is 205 g/mol. The van der Waals surface area contributed by atoms with E-state index >= 15 is 0 Å². The quantitative estimate of drug-likeness (QED) is 0.304. The normalized spacial score (nSPS) is 53.8. The molecule has 5 N–H and O–H groups in total. The molecule has 2 aliphatic heterocycles. The van der Waals surface area contributed by atoms with Crippen LogP contribution in [0.25, 0.3) is 0 Å². The van der Waals surface area contributed by atoms with Crippen molar-refractivity contribution in [2.45, 2.75) is 36.5 Å². The maximum Gasteiger partial charge on any atom is 0.0996 e. The van der Waals surface area contributed by atoms with Gasteiger partial charge in [0.25, 0.3) is 0 Å². The summed E-state index contributed by atoms with van der Waals surface area (Å²) in [5.74, 6) is 0. The molecule has 0 aromatic rings. The van der Waals surface area contributed by atoms with E-state index in [1.165, 1.54) is 0 Å². The maximum absolute atomic E-state index is 9.58. The van der Waals surface area contributed by atoms with Crippen LogP contribution in [0.4, 0.5) is 0 Å². The summed E-state index contributed by atoms with van der Waals surface area (Å²) >= 11 is 0. The molecular formula is C8H15NO5. The van der Waals surface area contributed by atoms with Crippen molar-refractivity contribution < 1.29 is 25.5 Å². The number of rotatable bonds is 1. The molecule has 6 heteroatoms. The minimum atomic E-state index is -1.11. The van der Waals surface area contributed by atoms with Crippen LogP contribution in [0.15, 0.2) is 0 Å². The molecule has 0 spiro atoms. The molecule has 0 aliphatic carbocycles. The van der Waals surface area contributed by atoms with E-state index in [4.69, 9.17) is 5.11 Å². The third kappa shape index (κ3) is 1.19. The third-order valence-corrected chi connectivity index (χ3v) is 3.23. The van der Waals surface area contributed by atoms with Gasteiger partial charge in [-0.15, -0.1) is 0 Å². The molecule has 0 aromatic heterocycles. The molecule has 6 atom stereocenters. The van der Waals surface area contributed by atoms with Crippen molar-refractivity contribution in [2.75, 3.05) is 13.2 Å². The Hall–Kier alpha value is -0.240. The Morgan fingerprint density at radius 3 is 2.21 bits per heavy atom. The Morgan fingerprint density at radius 2 is 1.64 bits per heavy atom. The molecule has 14 heavy (non-hydrogen) atoms. The number of aliphatic hydroxyl groups is 5. The molecule has 2 heterocycles. The van der Waals surface area contributed by atoms with Gasteiger partial charge in [-0.25, -0.2) is 0 Å². The van der Waals surface area contributed by atoms with Gasteiger partial charge in [-0.3, -0.25) is 4.90 Å². The van der Waals surface area contributed by atoms with E-state index in [1.54, 1.807) is 4.90 Å². The van der Waals surface area contributed by atoms with Crippen molar-refractivity contribution >= 4 is 0 Å². The molecule has 1 unspecified atom stereocenters. The fourth-order valence-electron chi connectivity index (χ4n) is 2.46. The van der Waals surface area contributed by atoms with Gasteiger partial charge < -0.3 is 25.5 Å². The van der Waals surface area contributed by atoms with Crippen LogP contribution in [-0.2, 0) is 0 Å². The predicted molar refractivity (Wildman–Crippen MR) is 45.4 cm³/mol. The fourth-order valence-corrected chi connectivity index (χ4v) is 2.46. The molecule has 2 rings (SSSR count). The van der Waals surface area contributed by atoms with Crippen LogP contribution in [0.5, 0.6) is 0 Å². The van der Waals surface area contributed by atoms with Crippen LogP contribution < -0.4 is 0 Å². The van der Waals surface area contributed by atoms with Gasteiger partial charge in [-0.1, -0.05) is 0 Å². The van der Waals surface area contributed by atoms with Crippen LogP contribution in [0.3, 0.4) is 0 Å². The first-order valence-corrected chi connectivity index (χ1v) is 4.66. The molecule has 2 fully saturated rings. The smallest absolute Gasteiger partial charge is 0.0996 e. The standard InChI is InChI=1S/C8H15NO5/c10-2-3-6(12)8(14)5-7(13)4(11)1-9(3)5/h3-8,10-14H,1-2H2/t3-,4+,5?,6-,7-,8-/m1/s1. The van der Waals surface area contributed by atoms with E-state index in [0.29, 0.717) is 0 Å². The lowest BCUT2D eigenvalue weighted by Crippen LogP contribution is -2.41. The monoisotopic (exact) mass is 205 g/mol. The zero-order chi connectivity index (χ0) is 10.5. The Bertz CT molecular complexity index is 226. The first-order chi connectivity index (χ1) is 6.57. The molecule has 0 aromatic carbocycles. The highest BCUT2D eigenvalue weighted by Gasteiger charge is 2.56. The van der Waals surface area contributed by atoms with Gasteiger partial charge in [0.05, 0.1) is 43.1 Å². The van der Waals surface area contributed by atoms with Crippen molar-refractivity contribution in [3.63, 3.8) is 0 Å². The molecule has 0 bridgehead atoms. The SMILES string of the molecule is OC[C@@H]1[C@@H](O)[C@H](O)C2[C@H](O)[C@@H](O)CN21. The predicted octanol–water partition coefficient (Wildman–Crippen LogP) is -3.51. The molecule has 0 saturated carbocycles. The second-order valence-corrected chi connectivity index (χ2v) is 3.98. The van der Waals surface area contributed by atoms with Crippen LogP contribution in [0.2, 0.25) is 0 Å². The largest absolute Gasteiger partial charge is 0.395 e. The number of nitrogens with zero attached hydrogens (tertiary/aromatic N) is 1. The summed E-state index contributed by atoms with van der Waals surface area (Å²) in [6.45, 7) is -0.126. The summed E-state index contributed by atoms with van der Waals surface area (Å²) in [6.07, 6.45) is -4.15. The Morgan fingerprint density at radius 1 is 1.00 bits per heavy atom. The number of fused-ring (bicyclic) bond motifs is 1. The summed E-state index contributed by atoms with van der Waals surface area (Å²) in [6, 6.07) is -1.26. The highest BCUT2D eigenvalue weighted by Crippen LogP contribution is 2.33. The molecule has 2 saturated heterocycles. The highest BCUT2D eigenvalue weighted by molar-refractivity contribution is 5.09. The van der Waals surface area contributed by atoms with Gasteiger partial charge in [0.1, 0.15) is 0 Å². The molecule has 2 aliphatic rings. The van der Waals surface area contributed by atoms with Gasteiger partial charge in [0.2, 0.25) is 0 Å². The highest BCUT2D eigenvalue weighted by atomic mass is 16.4. The van der Waals surface area contributed by atoms with Gasteiger partial charge in [-0.05, 0) is 0 Å². The number of hydrogen-bond donors (Lipinski definition) is 5. The van der Waals surface area contributed by atoms with Crippen LogP contribution in [0, 0.1) is 0 Å². The van der Waals surface area contributed by atoms with Gasteiger partial charge in [0, 0.05) is 6.54 Å². The van der Waals surface area contributed by atoms with E-state index in [9.17, 15) is 20.4 Å². The molecular weight excluding hydrogens is 190 g/mol. The van der Waals surface area contributed by atoms with Crippen molar-refractivity contribution in [1.29, 1.82) is 0 Å². The van der Waals surface area contributed by atoms with Crippen LogP contribution >= 0.6 is 0 Å². The average Bonchev–Trinajstić information content (AvgIpc) is 2.54. The topological polar surface area (TPSA) is 104 Å². The summed E-state index contributed by atoms with van der Waals surface area (Å²) in [5, 5.41) is 47.0. The van der Waals surface area contributed by atoms with Crippen LogP contribution in [0.1, 0.15) is 0 Å². The lowest BCUT2D eigenvalue weighted by molar-refractivity contribution is -0.0268. The van der Waals surface area contributed by atoms with E-state index in [0.717, 1.165) is 0 Å². The summed E-state index contributed by atoms with van der Waals surface area (Å²) in [7, 11) is 0. The van der Waals surface area contributed by atoms with Gasteiger partial charge in [0.15, 0.2) is 0 Å². The van der Waals surface area contributed by atoms with Crippen molar-refractivity contribution in [3.05, 3.63) is 0 Å². The third-order valence-electron chi connectivity index (χ3n) is 3.23. The minimum Gasteiger partial charge on any atom is -0.395 e. The van der Waals surface area contributed by atoms with E-state index in [2.05, 4.69) is 0 Å². The molecule has 0 radical (unpaired) electrons. The lowest BCUT2D eigenvalue weighted by atomic mass is 10.0. The van der Waals surface area contributed by atoms with E-state index in [1.807, 2.05) is 0 Å². The maximum atomic E-state index is 9.58. The summed E-state index contributed by atoms with van der Waals surface area (Å²) in [5.41, 5.74) is 0. The van der Waals surface area contributed by atoms with Crippen molar-refractivity contribution in [1.82, 2.24) is 4.90 Å². The fraction of sp³-hybridized carbons (Fsp3) is 1.00. The Kier molecular flexibility index (Phi) is 2.50. The lowest BCUT2D eigenvalue weighted by Gasteiger charge is -2.22. The van der Waals surface area contributed by atoms with Crippen LogP contribution in [-0.4, -0.2) is 80.1 Å². The first kappa shape index (κ1) is 10.3. The molecule has 6 nitrogen and oxygen atoms in total. The molecule has 82 valence electrons. The van der Waals surface area contributed by atoms with Gasteiger partial charge >= 0.3 is 0 Å². The Balaban J connectivity index is 2.21.